The van der Waals surface area contributed by atoms with E-state index in [1.54, 1.807) is 30.3 Å². The fourth-order valence-corrected chi connectivity index (χ4v) is 2.60. The van der Waals surface area contributed by atoms with Crippen LogP contribution in [0.25, 0.3) is 0 Å². The first-order valence-corrected chi connectivity index (χ1v) is 7.97. The van der Waals surface area contributed by atoms with Crippen LogP contribution in [0.5, 0.6) is 0 Å². The maximum Gasteiger partial charge on any atom is 0.336 e. The topological polar surface area (TPSA) is 72.5 Å². The molecule has 9 heteroatoms. The Morgan fingerprint density at radius 3 is 2.35 bits per heavy atom. The van der Waals surface area contributed by atoms with Crippen molar-refractivity contribution in [2.75, 3.05) is 6.61 Å². The van der Waals surface area contributed by atoms with Gasteiger partial charge in [-0.2, -0.15) is 13.1 Å². The van der Waals surface area contributed by atoms with Crippen LogP contribution in [-0.2, 0) is 14.5 Å². The van der Waals surface area contributed by atoms with Crippen LogP contribution in [0, 0.1) is 0 Å². The van der Waals surface area contributed by atoms with E-state index >= 15 is 0 Å². The van der Waals surface area contributed by atoms with Crippen LogP contribution in [0.4, 0.5) is 0 Å². The molecule has 0 fully saturated rings. The van der Waals surface area contributed by atoms with E-state index in [0.717, 1.165) is 0 Å². The Morgan fingerprint density at radius 2 is 1.85 bits per heavy atom. The summed E-state index contributed by atoms with van der Waals surface area (Å²) in [7, 11) is -4.19. The first-order valence-electron chi connectivity index (χ1n) is 5.43. The Labute approximate surface area is 132 Å². The lowest BCUT2D eigenvalue weighted by atomic mass is 10.1. The molecule has 5 nitrogen and oxygen atoms in total. The highest BCUT2D eigenvalue weighted by Gasteiger charge is 2.27. The van der Waals surface area contributed by atoms with Gasteiger partial charge in [-0.05, 0) is 6.92 Å². The number of Topliss-reactive ketones (excluding diaryl/α,β-unsaturated/α-hetero) is 1. The molecule has 0 bridgehead atoms. The van der Waals surface area contributed by atoms with Gasteiger partial charge in [0.25, 0.3) is 0 Å². The third-order valence-corrected chi connectivity index (χ3v) is 3.55. The Kier molecular flexibility index (Phi) is 6.25. The molecule has 0 heterocycles. The molecule has 0 spiro atoms. The van der Waals surface area contributed by atoms with Crippen LogP contribution in [0.3, 0.4) is 0 Å². The lowest BCUT2D eigenvalue weighted by molar-refractivity contribution is 0.0958. The quantitative estimate of drug-likeness (QED) is 0.625. The van der Waals surface area contributed by atoms with E-state index in [2.05, 4.69) is 8.91 Å². The van der Waals surface area contributed by atoms with Crippen molar-refractivity contribution in [3.63, 3.8) is 0 Å². The molecule has 0 aromatic heterocycles. The highest BCUT2D eigenvalue weighted by atomic mass is 35.6. The zero-order chi connectivity index (χ0) is 15.4. The first kappa shape index (κ1) is 17.7. The van der Waals surface area contributed by atoms with Crippen molar-refractivity contribution in [3.8, 4) is 0 Å². The van der Waals surface area contributed by atoms with Gasteiger partial charge in [-0.15, -0.1) is 0 Å². The smallest absolute Gasteiger partial charge is 0.292 e. The molecule has 0 aliphatic carbocycles. The second kappa shape index (κ2) is 7.06. The summed E-state index contributed by atoms with van der Waals surface area (Å²) in [6.07, 6.45) is 0. The molecule has 0 amide bonds. The summed E-state index contributed by atoms with van der Waals surface area (Å²) < 4.78 is 27.8. The minimum atomic E-state index is -4.19. The van der Waals surface area contributed by atoms with Crippen LogP contribution >= 0.6 is 34.8 Å². The Hall–Kier alpha value is -0.370. The van der Waals surface area contributed by atoms with Gasteiger partial charge in [-0.3, -0.25) is 8.98 Å². The number of carbonyl (C=O) groups excluding carboxylic acids is 1. The zero-order valence-corrected chi connectivity index (χ0v) is 13.4. The van der Waals surface area contributed by atoms with Gasteiger partial charge in [0.2, 0.25) is 3.79 Å². The maximum absolute atomic E-state index is 12.0. The first-order chi connectivity index (χ1) is 9.11. The third-order valence-electron chi connectivity index (χ3n) is 2.15. The molecule has 0 radical (unpaired) electrons. The summed E-state index contributed by atoms with van der Waals surface area (Å²) in [6.45, 7) is 0.741. The SMILES string of the molecule is CC(NS(=O)(=O)OCC(Cl)(Cl)Cl)C(=O)c1ccccc1. The van der Waals surface area contributed by atoms with Crippen LogP contribution in [0.2, 0.25) is 0 Å². The van der Waals surface area contributed by atoms with E-state index in [4.69, 9.17) is 34.8 Å². The van der Waals surface area contributed by atoms with Crippen molar-refractivity contribution in [1.29, 1.82) is 0 Å². The highest BCUT2D eigenvalue weighted by Crippen LogP contribution is 2.26. The van der Waals surface area contributed by atoms with Gasteiger partial charge in [0, 0.05) is 5.56 Å². The Bertz CT molecular complexity index is 557. The number of halogens is 3. The van der Waals surface area contributed by atoms with Crippen molar-refractivity contribution in [2.45, 2.75) is 16.8 Å². The molecule has 0 saturated heterocycles. The van der Waals surface area contributed by atoms with Crippen molar-refractivity contribution in [2.24, 2.45) is 0 Å². The predicted octanol–water partition coefficient (Wildman–Crippen LogP) is 2.48. The fraction of sp³-hybridized carbons (Fsp3) is 0.364. The number of nitrogens with one attached hydrogen (secondary N) is 1. The summed E-state index contributed by atoms with van der Waals surface area (Å²) in [6, 6.07) is 7.25. The number of rotatable bonds is 6. The van der Waals surface area contributed by atoms with E-state index in [9.17, 15) is 13.2 Å². The highest BCUT2D eigenvalue weighted by molar-refractivity contribution is 7.84. The minimum Gasteiger partial charge on any atom is -0.292 e. The molecule has 1 aromatic carbocycles. The molecule has 1 rings (SSSR count). The van der Waals surface area contributed by atoms with Crippen LogP contribution in [0.15, 0.2) is 30.3 Å². The summed E-state index contributed by atoms with van der Waals surface area (Å²) in [5, 5.41) is 0. The molecule has 1 aromatic rings. The Morgan fingerprint density at radius 1 is 1.30 bits per heavy atom. The standard InChI is InChI=1S/C11H12Cl3NO4S/c1-8(10(16)9-5-3-2-4-6-9)15-20(17,18)19-7-11(12,13)14/h2-6,8,15H,7H2,1H3. The molecule has 1 unspecified atom stereocenters. The lowest BCUT2D eigenvalue weighted by Gasteiger charge is -2.15. The molecule has 20 heavy (non-hydrogen) atoms. The lowest BCUT2D eigenvalue weighted by Crippen LogP contribution is -2.40. The normalized spacial score (nSPS) is 14.0. The zero-order valence-electron chi connectivity index (χ0n) is 10.3. The predicted molar refractivity (Wildman–Crippen MR) is 78.5 cm³/mol. The number of ketones is 1. The van der Waals surface area contributed by atoms with Gasteiger partial charge in [0.1, 0.15) is 6.61 Å². The monoisotopic (exact) mass is 359 g/mol. The summed E-state index contributed by atoms with van der Waals surface area (Å²) in [4.78, 5) is 12.0. The third kappa shape index (κ3) is 6.39. The van der Waals surface area contributed by atoms with Crippen molar-refractivity contribution in [1.82, 2.24) is 4.72 Å². The van der Waals surface area contributed by atoms with Gasteiger partial charge in [-0.1, -0.05) is 65.1 Å². The van der Waals surface area contributed by atoms with Crippen molar-refractivity contribution >= 4 is 50.9 Å². The number of alkyl halides is 3. The molecule has 112 valence electrons. The second-order valence-electron chi connectivity index (χ2n) is 3.90. The van der Waals surface area contributed by atoms with Crippen LogP contribution < -0.4 is 4.72 Å². The molecular weight excluding hydrogens is 349 g/mol. The Balaban J connectivity index is 2.66. The summed E-state index contributed by atoms with van der Waals surface area (Å²) in [5.41, 5.74) is 0.379. The fourth-order valence-electron chi connectivity index (χ4n) is 1.30. The number of carbonyl (C=O) groups is 1. The minimum absolute atomic E-state index is 0.379. The number of benzene rings is 1. The van der Waals surface area contributed by atoms with Gasteiger partial charge < -0.3 is 0 Å². The maximum atomic E-state index is 12.0. The van der Waals surface area contributed by atoms with E-state index < -0.39 is 32.5 Å². The van der Waals surface area contributed by atoms with Gasteiger partial charge in [0.15, 0.2) is 5.78 Å². The largest absolute Gasteiger partial charge is 0.336 e. The average molecular weight is 361 g/mol. The van der Waals surface area contributed by atoms with Gasteiger partial charge >= 0.3 is 10.3 Å². The van der Waals surface area contributed by atoms with E-state index in [-0.39, 0.29) is 0 Å². The van der Waals surface area contributed by atoms with Gasteiger partial charge in [0.05, 0.1) is 6.04 Å². The van der Waals surface area contributed by atoms with Crippen molar-refractivity contribution in [3.05, 3.63) is 35.9 Å². The molecule has 1 atom stereocenters. The van der Waals surface area contributed by atoms with E-state index in [1.165, 1.54) is 6.92 Å². The molecule has 0 aliphatic heterocycles. The van der Waals surface area contributed by atoms with Crippen molar-refractivity contribution < 1.29 is 17.4 Å². The summed E-state index contributed by atoms with van der Waals surface area (Å²) >= 11 is 16.1. The molecular formula is C11H12Cl3NO4S. The van der Waals surface area contributed by atoms with Crippen LogP contribution in [0.1, 0.15) is 17.3 Å². The molecule has 0 saturated carbocycles. The van der Waals surface area contributed by atoms with Crippen LogP contribution in [-0.4, -0.2) is 30.6 Å². The van der Waals surface area contributed by atoms with E-state index in [0.29, 0.717) is 5.56 Å². The summed E-state index contributed by atoms with van der Waals surface area (Å²) in [5.74, 6) is -0.397. The molecule has 0 aliphatic rings. The van der Waals surface area contributed by atoms with Gasteiger partial charge in [-0.25, -0.2) is 0 Å². The number of hydrogen-bond acceptors (Lipinski definition) is 4. The molecule has 1 N–H and O–H groups in total. The second-order valence-corrected chi connectivity index (χ2v) is 7.80. The average Bonchev–Trinajstić information content (AvgIpc) is 2.35. The number of hydrogen-bond donors (Lipinski definition) is 1. The van der Waals surface area contributed by atoms with E-state index in [1.807, 2.05) is 0 Å².